The Bertz CT molecular complexity index is 93.2. The molecule has 0 spiro atoms. The summed E-state index contributed by atoms with van der Waals surface area (Å²) >= 11 is 0. The molecule has 0 aliphatic rings. The van der Waals surface area contributed by atoms with Gasteiger partial charge in [0, 0.05) is 0 Å². The SMILES string of the molecule is C[Si](C)(C)NO[Si](C)(C)F. The van der Waals surface area contributed by atoms with Crippen LogP contribution in [0.1, 0.15) is 0 Å². The third-order valence-electron chi connectivity index (χ3n) is 0.600. The van der Waals surface area contributed by atoms with Gasteiger partial charge in [0.15, 0.2) is 0 Å². The molecular weight excluding hydrogens is 165 g/mol. The zero-order valence-corrected chi connectivity index (χ0v) is 9.29. The van der Waals surface area contributed by atoms with Crippen molar-refractivity contribution in [3.8, 4) is 0 Å². The maximum atomic E-state index is 12.8. The Balaban J connectivity index is 3.56. The minimum Gasteiger partial charge on any atom is -0.315 e. The van der Waals surface area contributed by atoms with Gasteiger partial charge in [-0.2, -0.15) is 0 Å². The molecule has 0 rings (SSSR count). The highest BCUT2D eigenvalue weighted by Gasteiger charge is 2.25. The van der Waals surface area contributed by atoms with E-state index >= 15 is 0 Å². The Kier molecular flexibility index (Phi) is 3.21. The summed E-state index contributed by atoms with van der Waals surface area (Å²) in [6, 6.07) is 0. The Hall–Kier alpha value is 0.284. The van der Waals surface area contributed by atoms with Crippen LogP contribution in [0.5, 0.6) is 0 Å². The zero-order chi connectivity index (χ0) is 8.41. The molecule has 0 saturated carbocycles. The highest BCUT2D eigenvalue weighted by molar-refractivity contribution is 6.74. The van der Waals surface area contributed by atoms with Gasteiger partial charge in [0.1, 0.15) is 8.24 Å². The average Bonchev–Trinajstić information content (AvgIpc) is 1.57. The second-order valence-corrected chi connectivity index (χ2v) is 11.5. The van der Waals surface area contributed by atoms with E-state index in [9.17, 15) is 4.11 Å². The predicted octanol–water partition coefficient (Wildman–Crippen LogP) is 2.01. The maximum absolute atomic E-state index is 12.8. The highest BCUT2D eigenvalue weighted by Crippen LogP contribution is 2.04. The quantitative estimate of drug-likeness (QED) is 0.408. The van der Waals surface area contributed by atoms with Crippen LogP contribution in [0.15, 0.2) is 0 Å². The van der Waals surface area contributed by atoms with Gasteiger partial charge in [0.05, 0.1) is 0 Å². The molecule has 0 aromatic rings. The van der Waals surface area contributed by atoms with Crippen molar-refractivity contribution in [3.05, 3.63) is 0 Å². The molecule has 2 nitrogen and oxygen atoms in total. The Morgan fingerprint density at radius 1 is 1.10 bits per heavy atom. The summed E-state index contributed by atoms with van der Waals surface area (Å²) in [4.78, 5) is 0. The van der Waals surface area contributed by atoms with Crippen molar-refractivity contribution >= 4 is 16.9 Å². The van der Waals surface area contributed by atoms with Gasteiger partial charge in [0.25, 0.3) is 0 Å². The van der Waals surface area contributed by atoms with Gasteiger partial charge in [-0.05, 0) is 13.1 Å². The van der Waals surface area contributed by atoms with E-state index in [-0.39, 0.29) is 0 Å². The fourth-order valence-electron chi connectivity index (χ4n) is 0.274. The molecule has 0 saturated heterocycles. The van der Waals surface area contributed by atoms with Crippen LogP contribution in [0.2, 0.25) is 32.7 Å². The summed E-state index contributed by atoms with van der Waals surface area (Å²) in [5, 5.41) is 2.79. The lowest BCUT2D eigenvalue weighted by Gasteiger charge is -2.21. The minimum atomic E-state index is -2.84. The highest BCUT2D eigenvalue weighted by atomic mass is 28.4. The van der Waals surface area contributed by atoms with E-state index in [0.717, 1.165) is 0 Å². The smallest absolute Gasteiger partial charge is 0.315 e. The van der Waals surface area contributed by atoms with E-state index in [2.05, 4.69) is 24.8 Å². The molecule has 0 radical (unpaired) electrons. The third kappa shape index (κ3) is 8.28. The van der Waals surface area contributed by atoms with Crippen molar-refractivity contribution in [1.29, 1.82) is 0 Å². The second-order valence-electron chi connectivity index (χ2n) is 3.82. The van der Waals surface area contributed by atoms with Crippen molar-refractivity contribution in [2.75, 3.05) is 0 Å². The van der Waals surface area contributed by atoms with Crippen LogP contribution in [0.4, 0.5) is 4.11 Å². The Morgan fingerprint density at radius 3 is 1.60 bits per heavy atom. The van der Waals surface area contributed by atoms with Gasteiger partial charge >= 0.3 is 8.65 Å². The van der Waals surface area contributed by atoms with Crippen molar-refractivity contribution in [1.82, 2.24) is 5.15 Å². The molecule has 0 amide bonds. The Labute approximate surface area is 64.1 Å². The molecule has 0 atom stereocenters. The van der Waals surface area contributed by atoms with E-state index in [1.54, 1.807) is 0 Å². The van der Waals surface area contributed by atoms with Gasteiger partial charge in [-0.1, -0.05) is 19.6 Å². The molecule has 0 aliphatic heterocycles. The second kappa shape index (κ2) is 3.12. The largest absolute Gasteiger partial charge is 0.394 e. The summed E-state index contributed by atoms with van der Waals surface area (Å²) in [7, 11) is -4.29. The summed E-state index contributed by atoms with van der Waals surface area (Å²) in [6.07, 6.45) is 0. The molecule has 0 aromatic carbocycles. The molecule has 0 fully saturated rings. The van der Waals surface area contributed by atoms with Crippen LogP contribution in [-0.4, -0.2) is 16.9 Å². The molecule has 0 unspecified atom stereocenters. The first-order valence-corrected chi connectivity index (χ1v) is 9.63. The Morgan fingerprint density at radius 2 is 1.50 bits per heavy atom. The fraction of sp³-hybridized carbons (Fsp3) is 1.00. The fourth-order valence-corrected chi connectivity index (χ4v) is 2.47. The standard InChI is InChI=1S/C5H16FNOSi2/c1-9(2,3)7-8-10(4,5)6/h7H,1-5H3. The molecule has 0 aromatic heterocycles. The number of nitrogens with one attached hydrogen (secondary N) is 1. The van der Waals surface area contributed by atoms with Crippen molar-refractivity contribution in [2.24, 2.45) is 0 Å². The van der Waals surface area contributed by atoms with Gasteiger partial charge in [-0.25, -0.2) is 5.15 Å². The van der Waals surface area contributed by atoms with Crippen molar-refractivity contribution in [2.45, 2.75) is 32.7 Å². The molecule has 1 N–H and O–H groups in total. The normalized spacial score (nSPS) is 13.8. The van der Waals surface area contributed by atoms with Gasteiger partial charge in [0.2, 0.25) is 0 Å². The average molecular weight is 181 g/mol. The third-order valence-corrected chi connectivity index (χ3v) is 2.11. The summed E-state index contributed by atoms with van der Waals surface area (Å²) in [5.74, 6) is 0. The topological polar surface area (TPSA) is 21.3 Å². The first-order valence-electron chi connectivity index (χ1n) is 3.35. The van der Waals surface area contributed by atoms with Crippen molar-refractivity contribution in [3.63, 3.8) is 0 Å². The first-order chi connectivity index (χ1) is 4.21. The maximum Gasteiger partial charge on any atom is 0.394 e. The number of hydrogen-bond acceptors (Lipinski definition) is 2. The van der Waals surface area contributed by atoms with E-state index in [1.165, 1.54) is 13.1 Å². The molecule has 0 aliphatic carbocycles. The van der Waals surface area contributed by atoms with E-state index in [0.29, 0.717) is 0 Å². The monoisotopic (exact) mass is 181 g/mol. The van der Waals surface area contributed by atoms with Crippen LogP contribution in [0, 0.1) is 0 Å². The molecule has 62 valence electrons. The summed E-state index contributed by atoms with van der Waals surface area (Å²) in [6.45, 7) is 9.22. The minimum absolute atomic E-state index is 1.44. The number of halogens is 1. The van der Waals surface area contributed by atoms with Crippen LogP contribution in [0.25, 0.3) is 0 Å². The zero-order valence-electron chi connectivity index (χ0n) is 7.29. The molecule has 5 heteroatoms. The molecule has 0 bridgehead atoms. The first kappa shape index (κ1) is 10.3. The lowest BCUT2D eigenvalue weighted by atomic mass is 11.8. The molecule has 0 heterocycles. The van der Waals surface area contributed by atoms with Crippen LogP contribution in [0.3, 0.4) is 0 Å². The van der Waals surface area contributed by atoms with E-state index in [4.69, 9.17) is 4.53 Å². The van der Waals surface area contributed by atoms with Gasteiger partial charge < -0.3 is 4.53 Å². The van der Waals surface area contributed by atoms with Gasteiger partial charge in [-0.3, -0.25) is 4.11 Å². The molecule has 10 heavy (non-hydrogen) atoms. The van der Waals surface area contributed by atoms with Crippen LogP contribution < -0.4 is 5.15 Å². The van der Waals surface area contributed by atoms with Gasteiger partial charge in [-0.15, -0.1) is 0 Å². The summed E-state index contributed by atoms with van der Waals surface area (Å²) in [5.41, 5.74) is 0. The number of hydrogen-bond donors (Lipinski definition) is 1. The molecular formula is C5H16FNOSi2. The van der Waals surface area contributed by atoms with E-state index < -0.39 is 16.9 Å². The lowest BCUT2D eigenvalue weighted by Crippen LogP contribution is -2.46. The van der Waals surface area contributed by atoms with Crippen LogP contribution in [-0.2, 0) is 4.53 Å². The predicted molar refractivity (Wildman–Crippen MR) is 46.2 cm³/mol. The van der Waals surface area contributed by atoms with Crippen molar-refractivity contribution < 1.29 is 8.63 Å². The lowest BCUT2D eigenvalue weighted by molar-refractivity contribution is 0.225. The van der Waals surface area contributed by atoms with E-state index in [1.807, 2.05) is 0 Å². The van der Waals surface area contributed by atoms with Crippen LogP contribution >= 0.6 is 0 Å². The number of rotatable bonds is 3. The summed E-state index contributed by atoms with van der Waals surface area (Å²) < 4.78 is 17.7.